The average molecular weight is 334 g/mol. The summed E-state index contributed by atoms with van der Waals surface area (Å²) in [4.78, 5) is 29.2. The quantitative estimate of drug-likeness (QED) is 0.933. The highest BCUT2D eigenvalue weighted by Crippen LogP contribution is 2.25. The third kappa shape index (κ3) is 3.39. The maximum absolute atomic E-state index is 13.3. The lowest BCUT2D eigenvalue weighted by Gasteiger charge is -2.20. The number of carbonyl (C=O) groups excluding carboxylic acids is 1. The number of likely N-dealkylation sites (tertiary alicyclic amines) is 1. The van der Waals surface area contributed by atoms with Crippen LogP contribution in [0.4, 0.5) is 4.39 Å². The zero-order chi connectivity index (χ0) is 16.4. The summed E-state index contributed by atoms with van der Waals surface area (Å²) >= 11 is 1.34. The number of halogens is 1. The van der Waals surface area contributed by atoms with E-state index in [2.05, 4.69) is 4.98 Å². The van der Waals surface area contributed by atoms with Crippen LogP contribution >= 0.6 is 11.3 Å². The highest BCUT2D eigenvalue weighted by Gasteiger charge is 2.33. The molecule has 1 aliphatic heterocycles. The molecule has 0 aliphatic carbocycles. The molecule has 0 unspecified atom stereocenters. The Labute approximate surface area is 136 Å². The molecule has 0 spiro atoms. The minimum atomic E-state index is -0.963. The SMILES string of the molecule is O=C(O)[C@@H]1CCCN1C(=O)Cc1csc(-c2cccc(F)c2)n1. The van der Waals surface area contributed by atoms with Crippen LogP contribution in [0, 0.1) is 5.82 Å². The summed E-state index contributed by atoms with van der Waals surface area (Å²) in [6, 6.07) is 5.39. The maximum atomic E-state index is 13.3. The predicted molar refractivity (Wildman–Crippen MR) is 83.6 cm³/mol. The van der Waals surface area contributed by atoms with Gasteiger partial charge in [0.2, 0.25) is 5.91 Å². The van der Waals surface area contributed by atoms with Crippen molar-refractivity contribution in [3.05, 3.63) is 41.2 Å². The zero-order valence-electron chi connectivity index (χ0n) is 12.2. The fourth-order valence-corrected chi connectivity index (χ4v) is 3.54. The first kappa shape index (κ1) is 15.6. The lowest BCUT2D eigenvalue weighted by Crippen LogP contribution is -2.41. The van der Waals surface area contributed by atoms with Crippen molar-refractivity contribution in [2.75, 3.05) is 6.54 Å². The molecule has 120 valence electrons. The van der Waals surface area contributed by atoms with Gasteiger partial charge in [0.05, 0.1) is 12.1 Å². The van der Waals surface area contributed by atoms with Gasteiger partial charge in [-0.3, -0.25) is 4.79 Å². The molecular weight excluding hydrogens is 319 g/mol. The molecule has 1 aromatic carbocycles. The number of hydrogen-bond donors (Lipinski definition) is 1. The molecule has 1 fully saturated rings. The van der Waals surface area contributed by atoms with Crippen LogP contribution in [-0.2, 0) is 16.0 Å². The molecule has 2 heterocycles. The Morgan fingerprint density at radius 1 is 1.43 bits per heavy atom. The van der Waals surface area contributed by atoms with E-state index in [0.29, 0.717) is 35.7 Å². The molecule has 1 N–H and O–H groups in total. The molecule has 1 saturated heterocycles. The number of carboxylic acids is 1. The van der Waals surface area contributed by atoms with Crippen molar-refractivity contribution < 1.29 is 19.1 Å². The van der Waals surface area contributed by atoms with Crippen LogP contribution in [-0.4, -0.2) is 39.5 Å². The molecule has 7 heteroatoms. The van der Waals surface area contributed by atoms with Gasteiger partial charge in [0.25, 0.3) is 0 Å². The zero-order valence-corrected chi connectivity index (χ0v) is 13.1. The Morgan fingerprint density at radius 3 is 3.00 bits per heavy atom. The van der Waals surface area contributed by atoms with E-state index in [1.807, 2.05) is 0 Å². The van der Waals surface area contributed by atoms with Crippen molar-refractivity contribution in [2.24, 2.45) is 0 Å². The van der Waals surface area contributed by atoms with E-state index in [4.69, 9.17) is 5.11 Å². The van der Waals surface area contributed by atoms with Crippen LogP contribution in [0.1, 0.15) is 18.5 Å². The van der Waals surface area contributed by atoms with Gasteiger partial charge in [-0.05, 0) is 25.0 Å². The van der Waals surface area contributed by atoms with E-state index in [1.54, 1.807) is 17.5 Å². The molecule has 0 bridgehead atoms. The van der Waals surface area contributed by atoms with E-state index in [1.165, 1.54) is 28.4 Å². The Hall–Kier alpha value is -2.28. The van der Waals surface area contributed by atoms with Crippen molar-refractivity contribution >= 4 is 23.2 Å². The molecule has 3 rings (SSSR count). The number of benzene rings is 1. The Balaban J connectivity index is 1.72. The van der Waals surface area contributed by atoms with Crippen molar-refractivity contribution in [3.8, 4) is 10.6 Å². The number of thiazole rings is 1. The Kier molecular flexibility index (Phi) is 4.38. The molecule has 23 heavy (non-hydrogen) atoms. The summed E-state index contributed by atoms with van der Waals surface area (Å²) in [6.07, 6.45) is 1.26. The first-order valence-corrected chi connectivity index (χ1v) is 8.15. The predicted octanol–water partition coefficient (Wildman–Crippen LogP) is 2.57. The molecule has 1 atom stereocenters. The second kappa shape index (κ2) is 6.45. The molecule has 1 aliphatic rings. The van der Waals surface area contributed by atoms with Crippen LogP contribution in [0.5, 0.6) is 0 Å². The molecule has 0 radical (unpaired) electrons. The van der Waals surface area contributed by atoms with Gasteiger partial charge in [-0.15, -0.1) is 11.3 Å². The summed E-state index contributed by atoms with van der Waals surface area (Å²) in [5.74, 6) is -1.53. The summed E-state index contributed by atoms with van der Waals surface area (Å²) in [6.45, 7) is 0.469. The van der Waals surface area contributed by atoms with Crippen molar-refractivity contribution in [3.63, 3.8) is 0 Å². The minimum absolute atomic E-state index is 0.0651. The van der Waals surface area contributed by atoms with Crippen LogP contribution < -0.4 is 0 Å². The van der Waals surface area contributed by atoms with Crippen molar-refractivity contribution in [2.45, 2.75) is 25.3 Å². The number of carboxylic acid groups (broad SMARTS) is 1. The summed E-state index contributed by atoms with van der Waals surface area (Å²) in [5.41, 5.74) is 1.24. The van der Waals surface area contributed by atoms with E-state index in [-0.39, 0.29) is 18.1 Å². The summed E-state index contributed by atoms with van der Waals surface area (Å²) in [7, 11) is 0. The average Bonchev–Trinajstić information content (AvgIpc) is 3.16. The van der Waals surface area contributed by atoms with Crippen LogP contribution in [0.2, 0.25) is 0 Å². The minimum Gasteiger partial charge on any atom is -0.480 e. The van der Waals surface area contributed by atoms with Gasteiger partial charge in [-0.25, -0.2) is 14.2 Å². The first-order valence-electron chi connectivity index (χ1n) is 7.27. The summed E-state index contributed by atoms with van der Waals surface area (Å²) in [5, 5.41) is 11.5. The van der Waals surface area contributed by atoms with Crippen molar-refractivity contribution in [1.29, 1.82) is 0 Å². The number of carbonyl (C=O) groups is 2. The first-order chi connectivity index (χ1) is 11.0. The maximum Gasteiger partial charge on any atom is 0.326 e. The number of amides is 1. The third-order valence-corrected chi connectivity index (χ3v) is 4.75. The fourth-order valence-electron chi connectivity index (χ4n) is 2.72. The van der Waals surface area contributed by atoms with Crippen LogP contribution in [0.25, 0.3) is 10.6 Å². The second-order valence-electron chi connectivity index (χ2n) is 5.41. The third-order valence-electron chi connectivity index (χ3n) is 3.81. The fraction of sp³-hybridized carbons (Fsp3) is 0.312. The van der Waals surface area contributed by atoms with E-state index >= 15 is 0 Å². The van der Waals surface area contributed by atoms with Crippen LogP contribution in [0.3, 0.4) is 0 Å². The number of rotatable bonds is 4. The second-order valence-corrected chi connectivity index (χ2v) is 6.27. The van der Waals surface area contributed by atoms with Gasteiger partial charge in [0, 0.05) is 17.5 Å². The van der Waals surface area contributed by atoms with Gasteiger partial charge in [-0.2, -0.15) is 0 Å². The smallest absolute Gasteiger partial charge is 0.326 e. The number of nitrogens with zero attached hydrogens (tertiary/aromatic N) is 2. The lowest BCUT2D eigenvalue weighted by molar-refractivity contribution is -0.148. The van der Waals surface area contributed by atoms with Gasteiger partial charge in [-0.1, -0.05) is 12.1 Å². The van der Waals surface area contributed by atoms with Crippen molar-refractivity contribution in [1.82, 2.24) is 9.88 Å². The standard InChI is InChI=1S/C16H15FN2O3S/c17-11-4-1-3-10(7-11)15-18-12(9-23-15)8-14(20)19-6-2-5-13(19)16(21)22/h1,3-4,7,9,13H,2,5-6,8H2,(H,21,22)/t13-/m0/s1. The summed E-state index contributed by atoms with van der Waals surface area (Å²) < 4.78 is 13.3. The normalized spacial score (nSPS) is 17.4. The van der Waals surface area contributed by atoms with Gasteiger partial charge in [0.1, 0.15) is 16.9 Å². The van der Waals surface area contributed by atoms with E-state index in [9.17, 15) is 14.0 Å². The molecular formula is C16H15FN2O3S. The molecule has 1 amide bonds. The largest absolute Gasteiger partial charge is 0.480 e. The van der Waals surface area contributed by atoms with Gasteiger partial charge in [0.15, 0.2) is 0 Å². The van der Waals surface area contributed by atoms with Gasteiger partial charge < -0.3 is 10.0 Å². The highest BCUT2D eigenvalue weighted by atomic mass is 32.1. The van der Waals surface area contributed by atoms with E-state index in [0.717, 1.165) is 0 Å². The number of aromatic nitrogens is 1. The number of hydrogen-bond acceptors (Lipinski definition) is 4. The van der Waals surface area contributed by atoms with Gasteiger partial charge >= 0.3 is 5.97 Å². The number of aliphatic carboxylic acids is 1. The molecule has 2 aromatic rings. The Morgan fingerprint density at radius 2 is 2.26 bits per heavy atom. The Bertz CT molecular complexity index is 746. The molecule has 0 saturated carbocycles. The molecule has 1 aromatic heterocycles. The highest BCUT2D eigenvalue weighted by molar-refractivity contribution is 7.13. The lowest BCUT2D eigenvalue weighted by atomic mass is 10.2. The topological polar surface area (TPSA) is 70.5 Å². The van der Waals surface area contributed by atoms with Crippen LogP contribution in [0.15, 0.2) is 29.6 Å². The monoisotopic (exact) mass is 334 g/mol. The molecule has 5 nitrogen and oxygen atoms in total. The van der Waals surface area contributed by atoms with E-state index < -0.39 is 12.0 Å².